The molecule has 0 aliphatic heterocycles. The molecule has 0 spiro atoms. The van der Waals surface area contributed by atoms with E-state index in [4.69, 9.17) is 5.11 Å². The number of rotatable bonds is 4. The molecule has 0 aromatic heterocycles. The fourth-order valence-corrected chi connectivity index (χ4v) is 2.08. The van der Waals surface area contributed by atoms with Crippen LogP contribution in [0.25, 0.3) is 0 Å². The minimum Gasteiger partial charge on any atom is -0.384 e. The van der Waals surface area contributed by atoms with Gasteiger partial charge in [0.1, 0.15) is 12.4 Å². The van der Waals surface area contributed by atoms with Crippen LogP contribution in [-0.4, -0.2) is 24.2 Å². The molecule has 1 aromatic rings. The van der Waals surface area contributed by atoms with Crippen molar-refractivity contribution >= 4 is 5.91 Å². The van der Waals surface area contributed by atoms with Gasteiger partial charge in [-0.25, -0.2) is 4.39 Å². The molecule has 1 aliphatic rings. The molecule has 4 heteroatoms. The second-order valence-electron chi connectivity index (χ2n) is 5.18. The van der Waals surface area contributed by atoms with E-state index in [1.165, 1.54) is 25.0 Å². The summed E-state index contributed by atoms with van der Waals surface area (Å²) >= 11 is 0. The molecule has 0 heterocycles. The number of hydrogen-bond acceptors (Lipinski definition) is 2. The van der Waals surface area contributed by atoms with Crippen LogP contribution in [0.4, 0.5) is 4.39 Å². The smallest absolute Gasteiger partial charge is 0.251 e. The molecule has 20 heavy (non-hydrogen) atoms. The number of amides is 1. The molecule has 106 valence electrons. The van der Waals surface area contributed by atoms with Gasteiger partial charge in [0.25, 0.3) is 5.91 Å². The van der Waals surface area contributed by atoms with Gasteiger partial charge in [-0.3, -0.25) is 4.79 Å². The number of aliphatic hydroxyl groups excluding tert-OH is 1. The minimum atomic E-state index is -0.547. The summed E-state index contributed by atoms with van der Waals surface area (Å²) in [6.07, 6.45) is 2.48. The monoisotopic (exact) mass is 275 g/mol. The summed E-state index contributed by atoms with van der Waals surface area (Å²) in [5.74, 6) is 5.26. The third-order valence-electron chi connectivity index (χ3n) is 3.54. The van der Waals surface area contributed by atoms with Crippen LogP contribution in [0.15, 0.2) is 18.2 Å². The molecule has 2 N–H and O–H groups in total. The molecule has 1 atom stereocenters. The Hall–Kier alpha value is -1.86. The summed E-state index contributed by atoms with van der Waals surface area (Å²) in [5.41, 5.74) is 0.474. The number of carbonyl (C=O) groups is 1. The molecule has 2 rings (SSSR count). The van der Waals surface area contributed by atoms with Crippen LogP contribution >= 0.6 is 0 Å². The van der Waals surface area contributed by atoms with E-state index in [1.54, 1.807) is 6.07 Å². The molecule has 1 saturated carbocycles. The Morgan fingerprint density at radius 3 is 2.90 bits per heavy atom. The van der Waals surface area contributed by atoms with Crippen molar-refractivity contribution in [2.45, 2.75) is 19.8 Å². The Bertz CT molecular complexity index is 555. The van der Waals surface area contributed by atoms with Crippen molar-refractivity contribution in [2.75, 3.05) is 13.2 Å². The van der Waals surface area contributed by atoms with Crippen molar-refractivity contribution < 1.29 is 14.3 Å². The Labute approximate surface area is 118 Å². The summed E-state index contributed by atoms with van der Waals surface area (Å²) in [6.45, 7) is 2.42. The molecule has 0 radical (unpaired) electrons. The quantitative estimate of drug-likeness (QED) is 0.825. The van der Waals surface area contributed by atoms with E-state index >= 15 is 0 Å². The van der Waals surface area contributed by atoms with Gasteiger partial charge in [-0.2, -0.15) is 0 Å². The molecular weight excluding hydrogens is 257 g/mol. The first kappa shape index (κ1) is 14.5. The van der Waals surface area contributed by atoms with E-state index in [1.807, 2.05) is 0 Å². The second-order valence-corrected chi connectivity index (χ2v) is 5.18. The normalized spacial score (nSPS) is 15.2. The third kappa shape index (κ3) is 3.82. The summed E-state index contributed by atoms with van der Waals surface area (Å²) < 4.78 is 13.7. The van der Waals surface area contributed by atoms with Crippen LogP contribution in [-0.2, 0) is 0 Å². The highest BCUT2D eigenvalue weighted by atomic mass is 19.1. The summed E-state index contributed by atoms with van der Waals surface area (Å²) in [7, 11) is 0. The fraction of sp³-hybridized carbons (Fsp3) is 0.438. The van der Waals surface area contributed by atoms with E-state index in [0.29, 0.717) is 18.0 Å². The first-order valence-electron chi connectivity index (χ1n) is 6.79. The van der Waals surface area contributed by atoms with E-state index < -0.39 is 5.82 Å². The van der Waals surface area contributed by atoms with Crippen molar-refractivity contribution in [2.24, 2.45) is 11.8 Å². The van der Waals surface area contributed by atoms with Crippen LogP contribution < -0.4 is 5.32 Å². The zero-order valence-corrected chi connectivity index (χ0v) is 11.4. The van der Waals surface area contributed by atoms with E-state index in [2.05, 4.69) is 24.1 Å². The van der Waals surface area contributed by atoms with Crippen LogP contribution in [0.3, 0.4) is 0 Å². The van der Waals surface area contributed by atoms with E-state index in [-0.39, 0.29) is 18.1 Å². The lowest BCUT2D eigenvalue weighted by Crippen LogP contribution is -2.29. The van der Waals surface area contributed by atoms with Crippen molar-refractivity contribution in [3.63, 3.8) is 0 Å². The second kappa shape index (κ2) is 6.53. The third-order valence-corrected chi connectivity index (χ3v) is 3.54. The maximum absolute atomic E-state index is 13.7. The number of benzene rings is 1. The van der Waals surface area contributed by atoms with Gasteiger partial charge in [-0.1, -0.05) is 18.8 Å². The van der Waals surface area contributed by atoms with Crippen LogP contribution in [0, 0.1) is 29.5 Å². The summed E-state index contributed by atoms with van der Waals surface area (Å²) in [4.78, 5) is 11.9. The number of carbonyl (C=O) groups excluding carboxylic acids is 1. The predicted molar refractivity (Wildman–Crippen MR) is 74.6 cm³/mol. The molecule has 0 bridgehead atoms. The SMILES string of the molecule is CC(CNC(=O)c1ccc(C#CCO)c(F)c1)C1CC1. The maximum atomic E-state index is 13.7. The molecule has 1 fully saturated rings. The Kier molecular flexibility index (Phi) is 4.75. The molecule has 0 saturated heterocycles. The van der Waals surface area contributed by atoms with E-state index in [0.717, 1.165) is 5.92 Å². The van der Waals surface area contributed by atoms with Gasteiger partial charge in [0.15, 0.2) is 0 Å². The average molecular weight is 275 g/mol. The van der Waals surface area contributed by atoms with Crippen LogP contribution in [0.5, 0.6) is 0 Å². The molecule has 3 nitrogen and oxygen atoms in total. The predicted octanol–water partition coefficient (Wildman–Crippen LogP) is 1.95. The number of halogens is 1. The van der Waals surface area contributed by atoms with Gasteiger partial charge in [-0.05, 0) is 42.9 Å². The standard InChI is InChI=1S/C16H18FNO2/c1-11(12-4-5-12)10-18-16(20)14-7-6-13(3-2-8-19)15(17)9-14/h6-7,9,11-12,19H,4-5,8,10H2,1H3,(H,18,20). The van der Waals surface area contributed by atoms with Gasteiger partial charge in [0.05, 0.1) is 5.56 Å². The molecule has 1 unspecified atom stereocenters. The summed E-state index contributed by atoms with van der Waals surface area (Å²) in [5, 5.41) is 11.4. The minimum absolute atomic E-state index is 0.182. The van der Waals surface area contributed by atoms with Crippen molar-refractivity contribution in [1.29, 1.82) is 0 Å². The van der Waals surface area contributed by atoms with Gasteiger partial charge in [0.2, 0.25) is 0 Å². The Balaban J connectivity index is 1.97. The van der Waals surface area contributed by atoms with Crippen LogP contribution in [0.2, 0.25) is 0 Å². The Morgan fingerprint density at radius 2 is 2.30 bits per heavy atom. The Morgan fingerprint density at radius 1 is 1.55 bits per heavy atom. The van der Waals surface area contributed by atoms with Gasteiger partial charge >= 0.3 is 0 Å². The molecule has 1 aliphatic carbocycles. The first-order valence-corrected chi connectivity index (χ1v) is 6.79. The lowest BCUT2D eigenvalue weighted by molar-refractivity contribution is 0.0946. The molecular formula is C16H18FNO2. The average Bonchev–Trinajstić information content (AvgIpc) is 3.27. The number of hydrogen-bond donors (Lipinski definition) is 2. The lowest BCUT2D eigenvalue weighted by Gasteiger charge is -2.11. The number of nitrogens with one attached hydrogen (secondary N) is 1. The van der Waals surface area contributed by atoms with Crippen molar-refractivity contribution in [3.05, 3.63) is 35.1 Å². The van der Waals surface area contributed by atoms with Crippen molar-refractivity contribution in [3.8, 4) is 11.8 Å². The topological polar surface area (TPSA) is 49.3 Å². The van der Waals surface area contributed by atoms with Gasteiger partial charge < -0.3 is 10.4 Å². The van der Waals surface area contributed by atoms with E-state index in [9.17, 15) is 9.18 Å². The highest BCUT2D eigenvalue weighted by Gasteiger charge is 2.27. The molecule has 1 aromatic carbocycles. The lowest BCUT2D eigenvalue weighted by atomic mass is 10.1. The molecule has 1 amide bonds. The van der Waals surface area contributed by atoms with Gasteiger partial charge in [0, 0.05) is 12.1 Å². The maximum Gasteiger partial charge on any atom is 0.251 e. The summed E-state index contributed by atoms with van der Waals surface area (Å²) in [6, 6.07) is 4.18. The van der Waals surface area contributed by atoms with Gasteiger partial charge in [-0.15, -0.1) is 0 Å². The van der Waals surface area contributed by atoms with Crippen LogP contribution in [0.1, 0.15) is 35.7 Å². The highest BCUT2D eigenvalue weighted by molar-refractivity contribution is 5.94. The largest absolute Gasteiger partial charge is 0.384 e. The highest BCUT2D eigenvalue weighted by Crippen LogP contribution is 2.36. The van der Waals surface area contributed by atoms with Crippen molar-refractivity contribution in [1.82, 2.24) is 5.32 Å². The zero-order valence-electron chi connectivity index (χ0n) is 11.4. The first-order chi connectivity index (χ1) is 9.61. The number of aliphatic hydroxyl groups is 1. The fourth-order valence-electron chi connectivity index (χ4n) is 2.08. The zero-order chi connectivity index (χ0) is 14.5.